The third-order valence-corrected chi connectivity index (χ3v) is 13.1. The first-order chi connectivity index (χ1) is 35.7. The molecule has 0 rings (SSSR count). The number of carbonyl (C=O) groups is 1. The van der Waals surface area contributed by atoms with Crippen molar-refractivity contribution in [2.45, 2.75) is 283 Å². The Labute approximate surface area is 447 Å². The van der Waals surface area contributed by atoms with E-state index in [0.717, 1.165) is 89.9 Å². The van der Waals surface area contributed by atoms with Crippen LogP contribution in [0, 0.1) is 0 Å². The number of rotatable bonds is 54. The molecule has 0 aromatic heterocycles. The second kappa shape index (κ2) is 61.8. The molecule has 3 N–H and O–H groups in total. The second-order valence-electron chi connectivity index (χ2n) is 20.0. The normalized spacial score (nSPS) is 13.8. The molecule has 0 fully saturated rings. The summed E-state index contributed by atoms with van der Waals surface area (Å²) in [5.74, 6) is -0.0784. The molecule has 0 radical (unpaired) electrons. The molecule has 2 unspecified atom stereocenters. The molecule has 72 heavy (non-hydrogen) atoms. The standard InChI is InChI=1S/C68H115NO3/c1-3-5-7-9-11-13-15-17-19-21-23-24-25-26-27-28-29-30-31-32-33-34-35-36-37-38-39-40-41-42-43-44-46-48-50-52-54-56-58-60-62-64-68(72)69-66(65-70)67(71)63-61-59-57-55-53-51-49-47-45-22-20-18-16-14-12-10-8-6-4-2/h5,7,11,13,17,19,23-24,26-27,29-30,32-33,35-36,38-39,53,55,61,63,66-67,70-71H,3-4,6,8-10,12,14-16,18,20-22,25,28,31,34,37,40-52,54,56-60,62,64-65H2,1-2H3,(H,69,72)/b7-5-,13-11-,19-17-,24-23-,27-26-,30-29-,33-32-,36-35-,39-38-,55-53+,63-61+. The number of hydrogen-bond acceptors (Lipinski definition) is 3. The van der Waals surface area contributed by atoms with Gasteiger partial charge in [-0.2, -0.15) is 0 Å². The van der Waals surface area contributed by atoms with Crippen LogP contribution in [0.5, 0.6) is 0 Å². The van der Waals surface area contributed by atoms with E-state index >= 15 is 0 Å². The summed E-state index contributed by atoms with van der Waals surface area (Å²) in [4.78, 5) is 12.5. The lowest BCUT2D eigenvalue weighted by molar-refractivity contribution is -0.123. The lowest BCUT2D eigenvalue weighted by Gasteiger charge is -2.19. The molecule has 0 aromatic carbocycles. The fourth-order valence-electron chi connectivity index (χ4n) is 8.54. The van der Waals surface area contributed by atoms with Crippen molar-refractivity contribution in [1.29, 1.82) is 0 Å². The van der Waals surface area contributed by atoms with Gasteiger partial charge in [-0.1, -0.05) is 295 Å². The number of aliphatic hydroxyl groups excluding tert-OH is 2. The van der Waals surface area contributed by atoms with Crippen molar-refractivity contribution < 1.29 is 15.0 Å². The molecule has 0 aliphatic carbocycles. The van der Waals surface area contributed by atoms with E-state index in [1.165, 1.54) is 161 Å². The van der Waals surface area contributed by atoms with Crippen LogP contribution in [0.15, 0.2) is 134 Å². The summed E-state index contributed by atoms with van der Waals surface area (Å²) < 4.78 is 0. The number of unbranched alkanes of at least 4 members (excludes halogenated alkanes) is 27. The van der Waals surface area contributed by atoms with E-state index in [4.69, 9.17) is 0 Å². The van der Waals surface area contributed by atoms with Gasteiger partial charge in [-0.3, -0.25) is 4.79 Å². The molecule has 4 nitrogen and oxygen atoms in total. The first-order valence-corrected chi connectivity index (χ1v) is 30.4. The van der Waals surface area contributed by atoms with Gasteiger partial charge in [0.1, 0.15) is 0 Å². The van der Waals surface area contributed by atoms with Gasteiger partial charge in [-0.25, -0.2) is 0 Å². The highest BCUT2D eigenvalue weighted by atomic mass is 16.3. The zero-order chi connectivity index (χ0) is 52.0. The number of carbonyl (C=O) groups excluding carboxylic acids is 1. The van der Waals surface area contributed by atoms with Crippen LogP contribution < -0.4 is 5.32 Å². The third-order valence-electron chi connectivity index (χ3n) is 13.1. The van der Waals surface area contributed by atoms with Crippen molar-refractivity contribution in [2.75, 3.05) is 6.61 Å². The van der Waals surface area contributed by atoms with E-state index in [0.29, 0.717) is 6.42 Å². The summed E-state index contributed by atoms with van der Waals surface area (Å²) in [5.41, 5.74) is 0. The lowest BCUT2D eigenvalue weighted by Crippen LogP contribution is -2.45. The molecule has 0 bridgehead atoms. The number of amides is 1. The molecule has 0 saturated carbocycles. The predicted molar refractivity (Wildman–Crippen MR) is 322 cm³/mol. The maximum absolute atomic E-state index is 12.5. The van der Waals surface area contributed by atoms with Crippen molar-refractivity contribution in [3.63, 3.8) is 0 Å². The van der Waals surface area contributed by atoms with Crippen LogP contribution in [-0.2, 0) is 4.79 Å². The monoisotopic (exact) mass is 994 g/mol. The molecule has 0 aliphatic rings. The minimum atomic E-state index is -0.870. The van der Waals surface area contributed by atoms with Crippen molar-refractivity contribution in [3.8, 4) is 0 Å². The topological polar surface area (TPSA) is 69.6 Å². The van der Waals surface area contributed by atoms with Gasteiger partial charge in [-0.05, 0) is 103 Å². The predicted octanol–water partition coefficient (Wildman–Crippen LogP) is 20.6. The second-order valence-corrected chi connectivity index (χ2v) is 20.0. The van der Waals surface area contributed by atoms with Gasteiger partial charge in [-0.15, -0.1) is 0 Å². The summed E-state index contributed by atoms with van der Waals surface area (Å²) in [6.45, 7) is 4.19. The van der Waals surface area contributed by atoms with Crippen molar-refractivity contribution in [3.05, 3.63) is 134 Å². The van der Waals surface area contributed by atoms with Crippen molar-refractivity contribution >= 4 is 5.91 Å². The maximum Gasteiger partial charge on any atom is 0.220 e. The van der Waals surface area contributed by atoms with Crippen molar-refractivity contribution in [1.82, 2.24) is 5.32 Å². The largest absolute Gasteiger partial charge is 0.394 e. The molecule has 2 atom stereocenters. The molecule has 4 heteroatoms. The molecule has 0 aromatic rings. The van der Waals surface area contributed by atoms with E-state index in [-0.39, 0.29) is 12.5 Å². The highest BCUT2D eigenvalue weighted by Gasteiger charge is 2.18. The summed E-state index contributed by atoms with van der Waals surface area (Å²) in [5, 5.41) is 23.2. The molecule has 0 heterocycles. The van der Waals surface area contributed by atoms with Crippen LogP contribution in [0.2, 0.25) is 0 Å². The fourth-order valence-corrected chi connectivity index (χ4v) is 8.54. The number of allylic oxidation sites excluding steroid dienone is 21. The third kappa shape index (κ3) is 57.4. The quantitative estimate of drug-likeness (QED) is 0.0420. The summed E-state index contributed by atoms with van der Waals surface area (Å²) in [6, 6.07) is -0.648. The number of nitrogens with one attached hydrogen (secondary N) is 1. The van der Waals surface area contributed by atoms with E-state index < -0.39 is 12.1 Å². The Balaban J connectivity index is 3.59. The Morgan fingerprint density at radius 2 is 0.625 bits per heavy atom. The Bertz CT molecular complexity index is 1450. The first kappa shape index (κ1) is 68.5. The summed E-state index contributed by atoms with van der Waals surface area (Å²) in [7, 11) is 0. The average molecular weight is 995 g/mol. The molecule has 0 aliphatic heterocycles. The van der Waals surface area contributed by atoms with Crippen LogP contribution in [0.1, 0.15) is 271 Å². The molecular formula is C68H115NO3. The van der Waals surface area contributed by atoms with E-state index in [9.17, 15) is 15.0 Å². The first-order valence-electron chi connectivity index (χ1n) is 30.4. The van der Waals surface area contributed by atoms with Gasteiger partial charge in [0.05, 0.1) is 18.8 Å². The van der Waals surface area contributed by atoms with E-state index in [2.05, 4.69) is 141 Å². The van der Waals surface area contributed by atoms with Gasteiger partial charge >= 0.3 is 0 Å². The Morgan fingerprint density at radius 1 is 0.347 bits per heavy atom. The van der Waals surface area contributed by atoms with Gasteiger partial charge in [0.25, 0.3) is 0 Å². The van der Waals surface area contributed by atoms with Crippen LogP contribution in [0.3, 0.4) is 0 Å². The molecule has 0 saturated heterocycles. The Kier molecular flexibility index (Phi) is 58.8. The van der Waals surface area contributed by atoms with E-state index in [1.807, 2.05) is 6.08 Å². The van der Waals surface area contributed by atoms with E-state index in [1.54, 1.807) is 6.08 Å². The van der Waals surface area contributed by atoms with Gasteiger partial charge in [0.15, 0.2) is 0 Å². The Hall–Kier alpha value is -3.47. The number of hydrogen-bond donors (Lipinski definition) is 3. The van der Waals surface area contributed by atoms with Crippen LogP contribution in [-0.4, -0.2) is 34.9 Å². The average Bonchev–Trinajstić information content (AvgIpc) is 3.39. The van der Waals surface area contributed by atoms with Crippen molar-refractivity contribution in [2.24, 2.45) is 0 Å². The van der Waals surface area contributed by atoms with Gasteiger partial charge < -0.3 is 15.5 Å². The highest BCUT2D eigenvalue weighted by molar-refractivity contribution is 5.76. The van der Waals surface area contributed by atoms with Crippen LogP contribution in [0.25, 0.3) is 0 Å². The molecular weight excluding hydrogens is 879 g/mol. The van der Waals surface area contributed by atoms with Crippen LogP contribution in [0.4, 0.5) is 0 Å². The van der Waals surface area contributed by atoms with Gasteiger partial charge in [0.2, 0.25) is 5.91 Å². The maximum atomic E-state index is 12.5. The zero-order valence-electron chi connectivity index (χ0n) is 47.2. The van der Waals surface area contributed by atoms with Crippen LogP contribution >= 0.6 is 0 Å². The molecule has 1 amide bonds. The van der Waals surface area contributed by atoms with Gasteiger partial charge in [0, 0.05) is 6.42 Å². The fraction of sp³-hybridized carbons (Fsp3) is 0.662. The molecule has 0 spiro atoms. The SMILES string of the molecule is CC/C=C\C/C=C\C/C=C\C/C=C\C/C=C\C/C=C\C/C=C\C/C=C\C/C=C\CCCCCCCCCCCCCCCC(=O)NC(CO)C(O)/C=C/CC/C=C/CCCCCCCCCCCCCCC. The minimum absolute atomic E-state index is 0.0784. The zero-order valence-corrected chi connectivity index (χ0v) is 47.2. The molecule has 410 valence electrons. The lowest BCUT2D eigenvalue weighted by atomic mass is 10.0. The number of aliphatic hydroxyl groups is 2. The smallest absolute Gasteiger partial charge is 0.220 e. The highest BCUT2D eigenvalue weighted by Crippen LogP contribution is 2.15. The summed E-state index contributed by atoms with van der Waals surface area (Å²) >= 11 is 0. The Morgan fingerprint density at radius 3 is 0.972 bits per heavy atom. The minimum Gasteiger partial charge on any atom is -0.394 e. The summed E-state index contributed by atoms with van der Waals surface area (Å²) in [6.07, 6.45) is 96.2.